The van der Waals surface area contributed by atoms with Gasteiger partial charge in [-0.25, -0.2) is 8.42 Å². The van der Waals surface area contributed by atoms with Gasteiger partial charge in [-0.3, -0.25) is 4.55 Å². The van der Waals surface area contributed by atoms with Crippen molar-refractivity contribution in [1.82, 2.24) is 0 Å². The van der Waals surface area contributed by atoms with Gasteiger partial charge in [0, 0.05) is 12.5 Å². The Balaban J connectivity index is 3.60. The van der Waals surface area contributed by atoms with Crippen molar-refractivity contribution in [2.45, 2.75) is 9.79 Å². The number of benzene rings is 1. The van der Waals surface area contributed by atoms with Crippen molar-refractivity contribution in [3.05, 3.63) is 30.2 Å². The average molecular weight is 277 g/mol. The first kappa shape index (κ1) is 13.7. The molecule has 1 rings (SSSR count). The number of sulfone groups is 1. The standard InChI is InChI=1S/C9H11NO5S2/c1-3-16(11,12)7-4-5-8(10-2)9(6-7)17(13,14)15/h3-6,10H,1H2,2H3,(H,13,14,15). The summed E-state index contributed by atoms with van der Waals surface area (Å²) >= 11 is 0. The van der Waals surface area contributed by atoms with Gasteiger partial charge in [-0.15, -0.1) is 0 Å². The molecule has 0 aliphatic carbocycles. The molecule has 0 bridgehead atoms. The summed E-state index contributed by atoms with van der Waals surface area (Å²) in [5.41, 5.74) is 0.107. The number of hydrogen-bond donors (Lipinski definition) is 2. The molecule has 0 aliphatic rings. The second kappa shape index (κ2) is 4.47. The Hall–Kier alpha value is -1.38. The topological polar surface area (TPSA) is 101 Å². The third kappa shape index (κ3) is 2.84. The van der Waals surface area contributed by atoms with Crippen molar-refractivity contribution in [3.8, 4) is 0 Å². The molecule has 0 radical (unpaired) electrons. The second-order valence-electron chi connectivity index (χ2n) is 3.09. The van der Waals surface area contributed by atoms with E-state index in [0.717, 1.165) is 6.07 Å². The van der Waals surface area contributed by atoms with Gasteiger partial charge in [0.1, 0.15) is 4.90 Å². The molecule has 0 heterocycles. The second-order valence-corrected chi connectivity index (χ2v) is 6.38. The van der Waals surface area contributed by atoms with Gasteiger partial charge in [-0.2, -0.15) is 8.42 Å². The Morgan fingerprint density at radius 2 is 1.88 bits per heavy atom. The summed E-state index contributed by atoms with van der Waals surface area (Å²) in [5.74, 6) is 0. The highest BCUT2D eigenvalue weighted by Crippen LogP contribution is 2.25. The van der Waals surface area contributed by atoms with E-state index < -0.39 is 24.9 Å². The number of rotatable bonds is 4. The molecular formula is C9H11NO5S2. The van der Waals surface area contributed by atoms with Crippen LogP contribution in [0.15, 0.2) is 40.0 Å². The van der Waals surface area contributed by atoms with Crippen LogP contribution in [-0.4, -0.2) is 28.4 Å². The molecule has 0 aromatic heterocycles. The molecular weight excluding hydrogens is 266 g/mol. The van der Waals surface area contributed by atoms with Gasteiger partial charge in [0.2, 0.25) is 0 Å². The van der Waals surface area contributed by atoms with Gasteiger partial charge >= 0.3 is 0 Å². The van der Waals surface area contributed by atoms with E-state index in [9.17, 15) is 16.8 Å². The Morgan fingerprint density at radius 3 is 2.29 bits per heavy atom. The summed E-state index contributed by atoms with van der Waals surface area (Å²) in [6, 6.07) is 3.34. The molecule has 1 aromatic rings. The molecule has 0 saturated carbocycles. The zero-order chi connectivity index (χ0) is 13.3. The smallest absolute Gasteiger partial charge is 0.296 e. The number of nitrogens with one attached hydrogen (secondary N) is 1. The first-order valence-electron chi connectivity index (χ1n) is 4.39. The van der Waals surface area contributed by atoms with Crippen LogP contribution in [0, 0.1) is 0 Å². The van der Waals surface area contributed by atoms with Gasteiger partial charge in [-0.05, 0) is 18.2 Å². The van der Waals surface area contributed by atoms with E-state index in [0.29, 0.717) is 5.41 Å². The largest absolute Gasteiger partial charge is 0.387 e. The summed E-state index contributed by atoms with van der Waals surface area (Å²) < 4.78 is 54.1. The van der Waals surface area contributed by atoms with Crippen LogP contribution in [0.1, 0.15) is 0 Å². The summed E-state index contributed by atoms with van der Waals surface area (Å²) in [4.78, 5) is -0.748. The monoisotopic (exact) mass is 277 g/mol. The lowest BCUT2D eigenvalue weighted by atomic mass is 10.3. The van der Waals surface area contributed by atoms with Gasteiger partial charge in [0.25, 0.3) is 10.1 Å². The van der Waals surface area contributed by atoms with E-state index in [1.165, 1.54) is 19.2 Å². The third-order valence-electron chi connectivity index (χ3n) is 2.05. The van der Waals surface area contributed by atoms with Crippen LogP contribution in [0.4, 0.5) is 5.69 Å². The lowest BCUT2D eigenvalue weighted by Gasteiger charge is -2.08. The predicted molar refractivity (Wildman–Crippen MR) is 63.2 cm³/mol. The fraction of sp³-hybridized carbons (Fsp3) is 0.111. The molecule has 0 atom stereocenters. The molecule has 8 heteroatoms. The van der Waals surface area contributed by atoms with Gasteiger partial charge in [0.15, 0.2) is 9.84 Å². The maximum atomic E-state index is 11.5. The summed E-state index contributed by atoms with van der Waals surface area (Å²) in [6.07, 6.45) is 0. The van der Waals surface area contributed by atoms with Gasteiger partial charge < -0.3 is 5.32 Å². The van der Waals surface area contributed by atoms with Crippen molar-refractivity contribution in [3.63, 3.8) is 0 Å². The van der Waals surface area contributed by atoms with E-state index in [4.69, 9.17) is 4.55 Å². The molecule has 0 saturated heterocycles. The summed E-state index contributed by atoms with van der Waals surface area (Å²) in [5, 5.41) is 3.24. The zero-order valence-electron chi connectivity index (χ0n) is 8.91. The van der Waals surface area contributed by atoms with E-state index in [1.54, 1.807) is 0 Å². The quantitative estimate of drug-likeness (QED) is 0.793. The van der Waals surface area contributed by atoms with Crippen LogP contribution in [0.25, 0.3) is 0 Å². The minimum atomic E-state index is -4.50. The van der Waals surface area contributed by atoms with Crippen molar-refractivity contribution in [2.24, 2.45) is 0 Å². The first-order valence-corrected chi connectivity index (χ1v) is 7.38. The Bertz CT molecular complexity index is 646. The normalized spacial score (nSPS) is 12.1. The van der Waals surface area contributed by atoms with Crippen LogP contribution in [0.5, 0.6) is 0 Å². The molecule has 0 fully saturated rings. The van der Waals surface area contributed by atoms with Crippen LogP contribution >= 0.6 is 0 Å². The Morgan fingerprint density at radius 1 is 1.29 bits per heavy atom. The molecule has 0 aliphatic heterocycles. The molecule has 1 aromatic carbocycles. The van der Waals surface area contributed by atoms with Crippen LogP contribution in [0.2, 0.25) is 0 Å². The SMILES string of the molecule is C=CS(=O)(=O)c1ccc(NC)c(S(=O)(=O)O)c1. The fourth-order valence-electron chi connectivity index (χ4n) is 1.20. The van der Waals surface area contributed by atoms with Crippen LogP contribution in [-0.2, 0) is 20.0 Å². The number of anilines is 1. The lowest BCUT2D eigenvalue weighted by Crippen LogP contribution is -2.06. The minimum Gasteiger partial charge on any atom is -0.387 e. The summed E-state index contributed by atoms with van der Waals surface area (Å²) in [6.45, 7) is 3.13. The lowest BCUT2D eigenvalue weighted by molar-refractivity contribution is 0.483. The molecule has 2 N–H and O–H groups in total. The molecule has 17 heavy (non-hydrogen) atoms. The maximum Gasteiger partial charge on any atom is 0.296 e. The van der Waals surface area contributed by atoms with E-state index in [-0.39, 0.29) is 10.6 Å². The van der Waals surface area contributed by atoms with Crippen molar-refractivity contribution in [1.29, 1.82) is 0 Å². The highest BCUT2D eigenvalue weighted by atomic mass is 32.2. The van der Waals surface area contributed by atoms with Gasteiger partial charge in [0.05, 0.1) is 10.6 Å². The predicted octanol–water partition coefficient (Wildman–Crippen LogP) is 0.892. The molecule has 94 valence electrons. The highest BCUT2D eigenvalue weighted by Gasteiger charge is 2.19. The molecule has 0 spiro atoms. The Labute approximate surface area is 99.6 Å². The Kier molecular flexibility index (Phi) is 3.60. The van der Waals surface area contributed by atoms with Crippen molar-refractivity contribution >= 4 is 25.6 Å². The van der Waals surface area contributed by atoms with Crippen LogP contribution in [0.3, 0.4) is 0 Å². The van der Waals surface area contributed by atoms with Crippen molar-refractivity contribution in [2.75, 3.05) is 12.4 Å². The van der Waals surface area contributed by atoms with E-state index in [1.807, 2.05) is 0 Å². The molecule has 0 unspecified atom stereocenters. The fourth-order valence-corrected chi connectivity index (χ4v) is 2.73. The minimum absolute atomic E-state index is 0.107. The maximum absolute atomic E-state index is 11.5. The van der Waals surface area contributed by atoms with Gasteiger partial charge in [-0.1, -0.05) is 6.58 Å². The average Bonchev–Trinajstić information content (AvgIpc) is 2.27. The van der Waals surface area contributed by atoms with E-state index in [2.05, 4.69) is 11.9 Å². The van der Waals surface area contributed by atoms with Crippen molar-refractivity contribution < 1.29 is 21.4 Å². The third-order valence-corrected chi connectivity index (χ3v) is 4.29. The highest BCUT2D eigenvalue weighted by molar-refractivity contribution is 7.94. The van der Waals surface area contributed by atoms with Crippen LogP contribution < -0.4 is 5.32 Å². The first-order chi connectivity index (χ1) is 7.72. The molecule has 0 amide bonds. The molecule has 6 nitrogen and oxygen atoms in total. The summed E-state index contributed by atoms with van der Waals surface area (Å²) in [7, 11) is -6.79. The van der Waals surface area contributed by atoms with E-state index >= 15 is 0 Å². The zero-order valence-corrected chi connectivity index (χ0v) is 10.5. The number of hydrogen-bond acceptors (Lipinski definition) is 5.